The standard InChI is InChI=1S/C14H21N3O3/c1-4-6-14(3,12(18)19)17-13(20)16-9-11-5-7-15-8-10(11)2/h5,7-8H,4,6,9H2,1-3H3,(H,18,19)(H2,16,17,20). The van der Waals surface area contributed by atoms with Gasteiger partial charge in [0.2, 0.25) is 0 Å². The van der Waals surface area contributed by atoms with Gasteiger partial charge in [-0.15, -0.1) is 0 Å². The van der Waals surface area contributed by atoms with Crippen LogP contribution in [0.2, 0.25) is 0 Å². The molecule has 6 nitrogen and oxygen atoms in total. The van der Waals surface area contributed by atoms with E-state index in [2.05, 4.69) is 15.6 Å². The second kappa shape index (κ2) is 6.88. The molecule has 0 aromatic carbocycles. The predicted octanol–water partition coefficient (Wildman–Crippen LogP) is 1.83. The van der Waals surface area contributed by atoms with E-state index in [1.165, 1.54) is 6.92 Å². The number of urea groups is 1. The van der Waals surface area contributed by atoms with E-state index in [0.717, 1.165) is 11.1 Å². The highest BCUT2D eigenvalue weighted by atomic mass is 16.4. The number of aryl methyl sites for hydroxylation is 1. The summed E-state index contributed by atoms with van der Waals surface area (Å²) in [5.41, 5.74) is 0.677. The smallest absolute Gasteiger partial charge is 0.329 e. The molecule has 0 fully saturated rings. The maximum absolute atomic E-state index is 11.8. The molecule has 0 radical (unpaired) electrons. The van der Waals surface area contributed by atoms with Crippen LogP contribution in [0.3, 0.4) is 0 Å². The van der Waals surface area contributed by atoms with Crippen molar-refractivity contribution in [3.8, 4) is 0 Å². The monoisotopic (exact) mass is 279 g/mol. The van der Waals surface area contributed by atoms with E-state index in [1.54, 1.807) is 12.4 Å². The number of pyridine rings is 1. The summed E-state index contributed by atoms with van der Waals surface area (Å²) in [5, 5.41) is 14.4. The zero-order chi connectivity index (χ0) is 15.2. The number of nitrogens with one attached hydrogen (secondary N) is 2. The summed E-state index contributed by atoms with van der Waals surface area (Å²) in [6.07, 6.45) is 4.42. The van der Waals surface area contributed by atoms with Crippen LogP contribution in [0, 0.1) is 6.92 Å². The fraction of sp³-hybridized carbons (Fsp3) is 0.500. The Morgan fingerprint density at radius 1 is 1.45 bits per heavy atom. The SMILES string of the molecule is CCCC(C)(NC(=O)NCc1ccncc1C)C(=O)O. The number of carboxylic acid groups (broad SMARTS) is 1. The Kier molecular flexibility index (Phi) is 5.49. The highest BCUT2D eigenvalue weighted by molar-refractivity contribution is 5.85. The molecule has 20 heavy (non-hydrogen) atoms. The Labute approximate surface area is 118 Å². The number of carboxylic acids is 1. The lowest BCUT2D eigenvalue weighted by atomic mass is 9.97. The summed E-state index contributed by atoms with van der Waals surface area (Å²) >= 11 is 0. The molecule has 1 aromatic heterocycles. The van der Waals surface area contributed by atoms with E-state index in [4.69, 9.17) is 0 Å². The largest absolute Gasteiger partial charge is 0.480 e. The minimum Gasteiger partial charge on any atom is -0.480 e. The summed E-state index contributed by atoms with van der Waals surface area (Å²) in [6.45, 7) is 5.62. The Balaban J connectivity index is 2.59. The van der Waals surface area contributed by atoms with Crippen molar-refractivity contribution in [1.82, 2.24) is 15.6 Å². The van der Waals surface area contributed by atoms with Crippen molar-refractivity contribution in [3.05, 3.63) is 29.6 Å². The Hall–Kier alpha value is -2.11. The van der Waals surface area contributed by atoms with Crippen LogP contribution in [0.4, 0.5) is 4.79 Å². The third kappa shape index (κ3) is 4.22. The molecule has 0 spiro atoms. The zero-order valence-electron chi connectivity index (χ0n) is 12.1. The molecule has 1 rings (SSSR count). The van der Waals surface area contributed by atoms with Gasteiger partial charge in [0.25, 0.3) is 0 Å². The Morgan fingerprint density at radius 3 is 2.70 bits per heavy atom. The lowest BCUT2D eigenvalue weighted by molar-refractivity contribution is -0.144. The van der Waals surface area contributed by atoms with Crippen LogP contribution in [0.15, 0.2) is 18.5 Å². The Morgan fingerprint density at radius 2 is 2.15 bits per heavy atom. The normalized spacial score (nSPS) is 13.3. The van der Waals surface area contributed by atoms with Crippen LogP contribution in [-0.2, 0) is 11.3 Å². The molecule has 0 aliphatic heterocycles. The van der Waals surface area contributed by atoms with Gasteiger partial charge in [0.15, 0.2) is 0 Å². The van der Waals surface area contributed by atoms with Crippen molar-refractivity contribution < 1.29 is 14.7 Å². The number of hydrogen-bond donors (Lipinski definition) is 3. The lowest BCUT2D eigenvalue weighted by Gasteiger charge is -2.25. The van der Waals surface area contributed by atoms with Crippen molar-refractivity contribution >= 4 is 12.0 Å². The molecule has 1 unspecified atom stereocenters. The van der Waals surface area contributed by atoms with Gasteiger partial charge in [0.1, 0.15) is 5.54 Å². The number of nitrogens with zero attached hydrogens (tertiary/aromatic N) is 1. The number of aliphatic carboxylic acids is 1. The van der Waals surface area contributed by atoms with Crippen molar-refractivity contribution in [1.29, 1.82) is 0 Å². The van der Waals surface area contributed by atoms with Crippen molar-refractivity contribution in [2.45, 2.75) is 45.7 Å². The second-order valence-electron chi connectivity index (χ2n) is 5.00. The van der Waals surface area contributed by atoms with E-state index in [1.807, 2.05) is 19.9 Å². The fourth-order valence-corrected chi connectivity index (χ4v) is 1.89. The molecule has 1 atom stereocenters. The van der Waals surface area contributed by atoms with Gasteiger partial charge in [-0.1, -0.05) is 13.3 Å². The number of hydrogen-bond acceptors (Lipinski definition) is 3. The molecule has 3 N–H and O–H groups in total. The number of amides is 2. The lowest BCUT2D eigenvalue weighted by Crippen LogP contribution is -2.55. The summed E-state index contributed by atoms with van der Waals surface area (Å²) < 4.78 is 0. The molecule has 0 aliphatic rings. The van der Waals surface area contributed by atoms with Crippen LogP contribution in [0.1, 0.15) is 37.8 Å². The highest BCUT2D eigenvalue weighted by Crippen LogP contribution is 2.12. The first kappa shape index (κ1) is 15.9. The number of aromatic nitrogens is 1. The van der Waals surface area contributed by atoms with Crippen LogP contribution < -0.4 is 10.6 Å². The van der Waals surface area contributed by atoms with Gasteiger partial charge in [-0.2, -0.15) is 0 Å². The van der Waals surface area contributed by atoms with Gasteiger partial charge in [0, 0.05) is 18.9 Å². The second-order valence-corrected chi connectivity index (χ2v) is 5.00. The maximum Gasteiger partial charge on any atom is 0.329 e. The summed E-state index contributed by atoms with van der Waals surface area (Å²) in [6, 6.07) is 1.33. The van der Waals surface area contributed by atoms with E-state index in [0.29, 0.717) is 19.4 Å². The van der Waals surface area contributed by atoms with Crippen LogP contribution in [-0.4, -0.2) is 27.6 Å². The summed E-state index contributed by atoms with van der Waals surface area (Å²) in [7, 11) is 0. The number of carbonyl (C=O) groups is 2. The van der Waals surface area contributed by atoms with Gasteiger partial charge in [-0.3, -0.25) is 4.98 Å². The molecule has 6 heteroatoms. The van der Waals surface area contributed by atoms with Crippen LogP contribution in [0.5, 0.6) is 0 Å². The number of carbonyl (C=O) groups excluding carboxylic acids is 1. The molecule has 0 aliphatic carbocycles. The van der Waals surface area contributed by atoms with Crippen molar-refractivity contribution in [2.75, 3.05) is 0 Å². The fourth-order valence-electron chi connectivity index (χ4n) is 1.89. The summed E-state index contributed by atoms with van der Waals surface area (Å²) in [5.74, 6) is -1.03. The van der Waals surface area contributed by atoms with Gasteiger partial charge in [0.05, 0.1) is 0 Å². The minimum absolute atomic E-state index is 0.335. The van der Waals surface area contributed by atoms with Crippen LogP contribution >= 0.6 is 0 Å². The predicted molar refractivity (Wildman–Crippen MR) is 75.3 cm³/mol. The van der Waals surface area contributed by atoms with E-state index >= 15 is 0 Å². The molecule has 110 valence electrons. The third-order valence-corrected chi connectivity index (χ3v) is 3.19. The highest BCUT2D eigenvalue weighted by Gasteiger charge is 2.33. The third-order valence-electron chi connectivity index (χ3n) is 3.19. The molecule has 2 amide bonds. The molecule has 0 saturated carbocycles. The molecule has 1 heterocycles. The quantitative estimate of drug-likeness (QED) is 0.741. The summed E-state index contributed by atoms with van der Waals surface area (Å²) in [4.78, 5) is 27.0. The van der Waals surface area contributed by atoms with Gasteiger partial charge >= 0.3 is 12.0 Å². The number of rotatable bonds is 6. The average molecular weight is 279 g/mol. The minimum atomic E-state index is -1.24. The van der Waals surface area contributed by atoms with E-state index in [9.17, 15) is 14.7 Å². The zero-order valence-corrected chi connectivity index (χ0v) is 12.1. The van der Waals surface area contributed by atoms with Gasteiger partial charge < -0.3 is 15.7 Å². The molecule has 0 bridgehead atoms. The molecular formula is C14H21N3O3. The molecule has 1 aromatic rings. The average Bonchev–Trinajstić information content (AvgIpc) is 2.38. The van der Waals surface area contributed by atoms with Gasteiger partial charge in [-0.25, -0.2) is 9.59 Å². The first-order valence-corrected chi connectivity index (χ1v) is 6.58. The van der Waals surface area contributed by atoms with Gasteiger partial charge in [-0.05, 0) is 37.5 Å². The van der Waals surface area contributed by atoms with Crippen molar-refractivity contribution in [2.24, 2.45) is 0 Å². The first-order chi connectivity index (χ1) is 9.39. The molecule has 0 saturated heterocycles. The Bertz CT molecular complexity index is 490. The van der Waals surface area contributed by atoms with Crippen molar-refractivity contribution in [3.63, 3.8) is 0 Å². The topological polar surface area (TPSA) is 91.3 Å². The van der Waals surface area contributed by atoms with E-state index < -0.39 is 17.5 Å². The van der Waals surface area contributed by atoms with Crippen LogP contribution in [0.25, 0.3) is 0 Å². The maximum atomic E-state index is 11.8. The first-order valence-electron chi connectivity index (χ1n) is 6.58. The molecular weight excluding hydrogens is 258 g/mol. The van der Waals surface area contributed by atoms with E-state index in [-0.39, 0.29) is 0 Å².